The molecule has 0 aliphatic heterocycles. The van der Waals surface area contributed by atoms with Crippen molar-refractivity contribution in [3.8, 4) is 0 Å². The number of esters is 2. The Kier molecular flexibility index (Phi) is 6.94. The molecule has 1 atom stereocenters. The highest BCUT2D eigenvalue weighted by Crippen LogP contribution is 2.30. The molecule has 0 aromatic heterocycles. The molecule has 4 nitrogen and oxygen atoms in total. The van der Waals surface area contributed by atoms with Crippen LogP contribution >= 0.6 is 0 Å². The molecule has 29 heavy (non-hydrogen) atoms. The lowest BCUT2D eigenvalue weighted by atomic mass is 10.1. The van der Waals surface area contributed by atoms with Crippen LogP contribution in [-0.4, -0.2) is 18.5 Å². The largest absolute Gasteiger partial charge is 0.462 e. The van der Waals surface area contributed by atoms with Gasteiger partial charge < -0.3 is 9.47 Å². The van der Waals surface area contributed by atoms with Crippen molar-refractivity contribution in [3.05, 3.63) is 70.0 Å². The van der Waals surface area contributed by atoms with Gasteiger partial charge in [-0.2, -0.15) is 0 Å². The first-order valence-corrected chi connectivity index (χ1v) is 8.54. The first-order chi connectivity index (χ1) is 13.6. The van der Waals surface area contributed by atoms with Crippen molar-refractivity contribution in [3.63, 3.8) is 0 Å². The van der Waals surface area contributed by atoms with Crippen molar-refractivity contribution in [1.29, 1.82) is 0 Å². The summed E-state index contributed by atoms with van der Waals surface area (Å²) in [6, 6.07) is 5.34. The summed E-state index contributed by atoms with van der Waals surface area (Å²) in [5.41, 5.74) is -1.74. The number of carbonyl (C=O) groups excluding carboxylic acids is 2. The molecule has 1 unspecified atom stereocenters. The van der Waals surface area contributed by atoms with Crippen LogP contribution in [0.4, 0.5) is 22.0 Å². The maximum absolute atomic E-state index is 13.9. The third-order valence-corrected chi connectivity index (χ3v) is 3.85. The number of hydrogen-bond donors (Lipinski definition) is 0. The van der Waals surface area contributed by atoms with Gasteiger partial charge in [0.05, 0.1) is 23.3 Å². The molecule has 0 radical (unpaired) electrons. The van der Waals surface area contributed by atoms with Gasteiger partial charge in [0, 0.05) is 0 Å². The van der Waals surface area contributed by atoms with E-state index in [-0.39, 0.29) is 23.7 Å². The fourth-order valence-electron chi connectivity index (χ4n) is 2.42. The van der Waals surface area contributed by atoms with Crippen molar-refractivity contribution in [2.75, 3.05) is 6.61 Å². The molecule has 2 aromatic carbocycles. The fourth-order valence-corrected chi connectivity index (χ4v) is 2.42. The van der Waals surface area contributed by atoms with Crippen molar-refractivity contribution in [1.82, 2.24) is 0 Å². The minimum atomic E-state index is -2.32. The van der Waals surface area contributed by atoms with Gasteiger partial charge in [-0.05, 0) is 25.0 Å². The standard InChI is InChI=1S/C20H17F5O4/c1-9(2)8-28-19(26)11-6-4-5-7-12(11)20(27)29-10(3)13-14(21)16(23)18(25)17(24)15(13)22/h4-7,9-10H,8H2,1-3H3. The monoisotopic (exact) mass is 416 g/mol. The number of benzene rings is 2. The van der Waals surface area contributed by atoms with Crippen LogP contribution in [0.25, 0.3) is 0 Å². The molecule has 0 spiro atoms. The van der Waals surface area contributed by atoms with E-state index < -0.39 is 52.7 Å². The van der Waals surface area contributed by atoms with Crippen LogP contribution in [0.1, 0.15) is 53.2 Å². The molecule has 0 N–H and O–H groups in total. The van der Waals surface area contributed by atoms with Gasteiger partial charge in [-0.1, -0.05) is 26.0 Å². The predicted molar refractivity (Wildman–Crippen MR) is 91.6 cm³/mol. The second kappa shape index (κ2) is 9.02. The number of rotatable bonds is 6. The van der Waals surface area contributed by atoms with E-state index in [0.717, 1.165) is 6.92 Å². The van der Waals surface area contributed by atoms with Crippen LogP contribution in [0.2, 0.25) is 0 Å². The summed E-state index contributed by atoms with van der Waals surface area (Å²) in [7, 11) is 0. The summed E-state index contributed by atoms with van der Waals surface area (Å²) >= 11 is 0. The second-order valence-electron chi connectivity index (χ2n) is 6.57. The van der Waals surface area contributed by atoms with Gasteiger partial charge in [0.25, 0.3) is 0 Å². The lowest BCUT2D eigenvalue weighted by Gasteiger charge is -2.17. The van der Waals surface area contributed by atoms with Crippen LogP contribution in [0.15, 0.2) is 24.3 Å². The highest BCUT2D eigenvalue weighted by atomic mass is 19.2. The SMILES string of the molecule is CC(C)COC(=O)c1ccccc1C(=O)OC(C)c1c(F)c(F)c(F)c(F)c1F. The van der Waals surface area contributed by atoms with Crippen molar-refractivity contribution in [2.45, 2.75) is 26.9 Å². The summed E-state index contributed by atoms with van der Waals surface area (Å²) < 4.78 is 77.7. The number of ether oxygens (including phenoxy) is 2. The van der Waals surface area contributed by atoms with Gasteiger partial charge in [0.1, 0.15) is 6.10 Å². The van der Waals surface area contributed by atoms with Gasteiger partial charge in [0.2, 0.25) is 5.82 Å². The van der Waals surface area contributed by atoms with Crippen molar-refractivity contribution >= 4 is 11.9 Å². The smallest absolute Gasteiger partial charge is 0.339 e. The minimum Gasteiger partial charge on any atom is -0.462 e. The Hall–Kier alpha value is -2.97. The van der Waals surface area contributed by atoms with Crippen LogP contribution in [0, 0.1) is 35.0 Å². The number of carbonyl (C=O) groups is 2. The maximum atomic E-state index is 13.9. The van der Waals surface area contributed by atoms with E-state index in [1.165, 1.54) is 24.3 Å². The van der Waals surface area contributed by atoms with E-state index in [0.29, 0.717) is 0 Å². The third kappa shape index (κ3) is 4.72. The normalized spacial score (nSPS) is 12.0. The Morgan fingerprint density at radius 1 is 0.793 bits per heavy atom. The Labute approximate surface area is 163 Å². The molecule has 0 saturated carbocycles. The second-order valence-corrected chi connectivity index (χ2v) is 6.57. The van der Waals surface area contributed by atoms with Crippen LogP contribution < -0.4 is 0 Å². The Morgan fingerprint density at radius 3 is 1.72 bits per heavy atom. The first-order valence-electron chi connectivity index (χ1n) is 8.54. The van der Waals surface area contributed by atoms with Crippen LogP contribution in [-0.2, 0) is 9.47 Å². The van der Waals surface area contributed by atoms with Gasteiger partial charge >= 0.3 is 11.9 Å². The van der Waals surface area contributed by atoms with Crippen molar-refractivity contribution in [2.24, 2.45) is 5.92 Å². The van der Waals surface area contributed by atoms with Crippen LogP contribution in [0.3, 0.4) is 0 Å². The summed E-state index contributed by atoms with van der Waals surface area (Å²) in [4.78, 5) is 24.6. The molecule has 0 aliphatic rings. The molecule has 0 fully saturated rings. The van der Waals surface area contributed by atoms with Gasteiger partial charge in [-0.25, -0.2) is 31.5 Å². The molecule has 0 amide bonds. The van der Waals surface area contributed by atoms with Gasteiger partial charge in [-0.3, -0.25) is 0 Å². The van der Waals surface area contributed by atoms with E-state index in [1.54, 1.807) is 13.8 Å². The third-order valence-electron chi connectivity index (χ3n) is 3.85. The molecular weight excluding hydrogens is 399 g/mol. The molecule has 2 aromatic rings. The summed E-state index contributed by atoms with van der Waals surface area (Å²) in [6.07, 6.45) is -1.83. The van der Waals surface area contributed by atoms with E-state index in [1.807, 2.05) is 0 Å². The molecule has 0 bridgehead atoms. The lowest BCUT2D eigenvalue weighted by Crippen LogP contribution is -2.18. The molecule has 2 rings (SSSR count). The summed E-state index contributed by atoms with van der Waals surface area (Å²) in [5, 5.41) is 0. The quantitative estimate of drug-likeness (QED) is 0.284. The van der Waals surface area contributed by atoms with E-state index in [9.17, 15) is 31.5 Å². The molecule has 0 aliphatic carbocycles. The summed E-state index contributed by atoms with van der Waals surface area (Å²) in [6.45, 7) is 4.64. The molecular formula is C20H17F5O4. The van der Waals surface area contributed by atoms with E-state index in [4.69, 9.17) is 9.47 Å². The minimum absolute atomic E-state index is 0.0345. The Balaban J connectivity index is 2.32. The number of halogens is 5. The van der Waals surface area contributed by atoms with E-state index >= 15 is 0 Å². The molecule has 9 heteroatoms. The average molecular weight is 416 g/mol. The summed E-state index contributed by atoms with van der Waals surface area (Å²) in [5.74, 6) is -12.8. The zero-order chi connectivity index (χ0) is 21.9. The van der Waals surface area contributed by atoms with Crippen LogP contribution in [0.5, 0.6) is 0 Å². The first kappa shape index (κ1) is 22.3. The van der Waals surface area contributed by atoms with E-state index in [2.05, 4.69) is 0 Å². The topological polar surface area (TPSA) is 52.6 Å². The zero-order valence-electron chi connectivity index (χ0n) is 15.7. The van der Waals surface area contributed by atoms with Gasteiger partial charge in [-0.15, -0.1) is 0 Å². The molecule has 0 heterocycles. The fraction of sp³-hybridized carbons (Fsp3) is 0.300. The van der Waals surface area contributed by atoms with Gasteiger partial charge in [0.15, 0.2) is 23.3 Å². The number of hydrogen-bond acceptors (Lipinski definition) is 4. The molecule has 0 saturated heterocycles. The maximum Gasteiger partial charge on any atom is 0.339 e. The highest BCUT2D eigenvalue weighted by Gasteiger charge is 2.31. The van der Waals surface area contributed by atoms with Crippen molar-refractivity contribution < 1.29 is 41.0 Å². The molecule has 156 valence electrons. The average Bonchev–Trinajstić information content (AvgIpc) is 2.69. The zero-order valence-corrected chi connectivity index (χ0v) is 15.7. The Morgan fingerprint density at radius 2 is 1.24 bits per heavy atom. The predicted octanol–water partition coefficient (Wildman–Crippen LogP) is 5.11. The lowest BCUT2D eigenvalue weighted by molar-refractivity contribution is 0.0305. The highest BCUT2D eigenvalue weighted by molar-refractivity contribution is 6.03. The Bertz CT molecular complexity index is 914.